The number of aryl methyl sites for hydroxylation is 2. The number of carbonyl (C=O) groups is 1. The van der Waals surface area contributed by atoms with Crippen molar-refractivity contribution in [3.8, 4) is 28.4 Å². The first kappa shape index (κ1) is 26.6. The van der Waals surface area contributed by atoms with Gasteiger partial charge in [-0.3, -0.25) is 4.79 Å². The molecule has 4 aromatic rings. The van der Waals surface area contributed by atoms with E-state index in [2.05, 4.69) is 10.3 Å². The van der Waals surface area contributed by atoms with E-state index in [0.717, 1.165) is 51.6 Å². The minimum Gasteiger partial charge on any atom is -0.493 e. The number of aromatic nitrogens is 1. The Kier molecular flexibility index (Phi) is 8.05. The van der Waals surface area contributed by atoms with E-state index in [1.165, 1.54) is 0 Å². The van der Waals surface area contributed by atoms with Gasteiger partial charge in [-0.15, -0.1) is 0 Å². The van der Waals surface area contributed by atoms with Crippen LogP contribution in [0.4, 0.5) is 0 Å². The minimum atomic E-state index is -0.476. The molecule has 5 rings (SSSR count). The minimum absolute atomic E-state index is 0.199. The summed E-state index contributed by atoms with van der Waals surface area (Å²) in [4.78, 5) is 17.0. The van der Waals surface area contributed by atoms with E-state index in [0.29, 0.717) is 42.4 Å². The largest absolute Gasteiger partial charge is 0.493 e. The number of hydrogen-bond acceptors (Lipinski definition) is 6. The number of aliphatic hydroxyl groups is 1. The van der Waals surface area contributed by atoms with E-state index in [-0.39, 0.29) is 12.5 Å². The second kappa shape index (κ2) is 11.8. The van der Waals surface area contributed by atoms with E-state index in [1.807, 2.05) is 54.7 Å². The van der Waals surface area contributed by atoms with Crippen LogP contribution < -0.4 is 19.5 Å². The Morgan fingerprint density at radius 1 is 0.949 bits per heavy atom. The molecular weight excluding hydrogens is 496 g/mol. The van der Waals surface area contributed by atoms with Gasteiger partial charge in [-0.2, -0.15) is 0 Å². The molecule has 8 nitrogen and oxygen atoms in total. The standard InChI is InChI=1S/C31H34N2O6/c1-36-10-11-39-28-13-19-8-9-20-14-29(37-2)30(38-3)16-25(20)24(19)15-26(28)31(35)33-22(18-34)12-21-17-32-27-7-5-4-6-23(21)27/h4-7,13-17,22,32,34H,8-12,18H2,1-3H3,(H,33,35)/t22-/m1/s1. The number of hydrogen-bond donors (Lipinski definition) is 3. The second-order valence-electron chi connectivity index (χ2n) is 9.63. The molecule has 0 radical (unpaired) electrons. The monoisotopic (exact) mass is 530 g/mol. The van der Waals surface area contributed by atoms with Gasteiger partial charge >= 0.3 is 0 Å². The van der Waals surface area contributed by atoms with Crippen LogP contribution in [0.1, 0.15) is 27.0 Å². The summed E-state index contributed by atoms with van der Waals surface area (Å²) in [6, 6.07) is 15.3. The highest BCUT2D eigenvalue weighted by molar-refractivity contribution is 5.99. The summed E-state index contributed by atoms with van der Waals surface area (Å²) in [6.07, 6.45) is 4.05. The molecule has 3 aromatic carbocycles. The number of nitrogens with one attached hydrogen (secondary N) is 2. The predicted octanol–water partition coefficient (Wildman–Crippen LogP) is 4.31. The van der Waals surface area contributed by atoms with Crippen molar-refractivity contribution in [2.45, 2.75) is 25.3 Å². The molecule has 1 aromatic heterocycles. The summed E-state index contributed by atoms with van der Waals surface area (Å²) in [5, 5.41) is 14.3. The molecule has 204 valence electrons. The molecule has 0 bridgehead atoms. The first-order valence-electron chi connectivity index (χ1n) is 13.1. The molecule has 1 aliphatic rings. The van der Waals surface area contributed by atoms with E-state index < -0.39 is 6.04 Å². The second-order valence-corrected chi connectivity index (χ2v) is 9.63. The quantitative estimate of drug-likeness (QED) is 0.250. The maximum Gasteiger partial charge on any atom is 0.255 e. The van der Waals surface area contributed by atoms with Crippen molar-refractivity contribution < 1.29 is 28.8 Å². The van der Waals surface area contributed by atoms with Crippen LogP contribution in [0.25, 0.3) is 22.0 Å². The van der Waals surface area contributed by atoms with Crippen LogP contribution in [0, 0.1) is 0 Å². The van der Waals surface area contributed by atoms with Crippen LogP contribution in [0.2, 0.25) is 0 Å². The third-order valence-electron chi connectivity index (χ3n) is 7.26. The lowest BCUT2D eigenvalue weighted by molar-refractivity contribution is 0.0909. The molecule has 1 amide bonds. The zero-order valence-electron chi connectivity index (χ0n) is 22.5. The van der Waals surface area contributed by atoms with E-state index in [1.54, 1.807) is 21.3 Å². The van der Waals surface area contributed by atoms with Crippen LogP contribution in [-0.2, 0) is 24.0 Å². The number of rotatable bonds is 11. The molecule has 8 heteroatoms. The zero-order valence-corrected chi connectivity index (χ0v) is 22.5. The number of benzene rings is 3. The van der Waals surface area contributed by atoms with Gasteiger partial charge in [0.15, 0.2) is 11.5 Å². The highest BCUT2D eigenvalue weighted by Gasteiger charge is 2.25. The van der Waals surface area contributed by atoms with Crippen LogP contribution in [0.5, 0.6) is 17.2 Å². The lowest BCUT2D eigenvalue weighted by atomic mass is 9.84. The smallest absolute Gasteiger partial charge is 0.255 e. The van der Waals surface area contributed by atoms with Crippen molar-refractivity contribution in [1.82, 2.24) is 10.3 Å². The van der Waals surface area contributed by atoms with Gasteiger partial charge in [-0.05, 0) is 77.4 Å². The Morgan fingerprint density at radius 3 is 2.36 bits per heavy atom. The molecule has 1 heterocycles. The third-order valence-corrected chi connectivity index (χ3v) is 7.26. The van der Waals surface area contributed by atoms with Crippen LogP contribution in [0.15, 0.2) is 54.7 Å². The molecule has 0 saturated carbocycles. The Labute approximate surface area is 227 Å². The molecule has 1 aliphatic carbocycles. The summed E-state index contributed by atoms with van der Waals surface area (Å²) in [7, 11) is 4.85. The normalized spacial score (nSPS) is 12.9. The number of fused-ring (bicyclic) bond motifs is 4. The fraction of sp³-hybridized carbons (Fsp3) is 0.323. The molecule has 0 aliphatic heterocycles. The van der Waals surface area contributed by atoms with Crippen LogP contribution >= 0.6 is 0 Å². The summed E-state index contributed by atoms with van der Waals surface area (Å²) in [5.74, 6) is 1.50. The summed E-state index contributed by atoms with van der Waals surface area (Å²) < 4.78 is 22.2. The fourth-order valence-electron chi connectivity index (χ4n) is 5.25. The van der Waals surface area contributed by atoms with Crippen molar-refractivity contribution in [1.29, 1.82) is 0 Å². The molecule has 1 atom stereocenters. The van der Waals surface area contributed by atoms with E-state index in [9.17, 15) is 9.90 Å². The van der Waals surface area contributed by atoms with Gasteiger partial charge in [0.25, 0.3) is 5.91 Å². The topological polar surface area (TPSA) is 102 Å². The lowest BCUT2D eigenvalue weighted by Gasteiger charge is -2.24. The number of para-hydroxylation sites is 1. The number of H-pyrrole nitrogens is 1. The van der Waals surface area contributed by atoms with Crippen LogP contribution in [-0.4, -0.2) is 63.2 Å². The first-order chi connectivity index (χ1) is 19.1. The molecule has 0 unspecified atom stereocenters. The SMILES string of the molecule is COCCOc1cc2c(cc1C(=O)N[C@@H](CO)Cc1c[nH]c3ccccc13)-c1cc(OC)c(OC)cc1CC2. The Morgan fingerprint density at radius 2 is 1.64 bits per heavy atom. The first-order valence-corrected chi connectivity index (χ1v) is 13.1. The number of carbonyl (C=O) groups excluding carboxylic acids is 1. The molecule has 39 heavy (non-hydrogen) atoms. The van der Waals surface area contributed by atoms with Crippen molar-refractivity contribution >= 4 is 16.8 Å². The number of aromatic amines is 1. The molecular formula is C31H34N2O6. The van der Waals surface area contributed by atoms with Crippen molar-refractivity contribution in [3.63, 3.8) is 0 Å². The van der Waals surface area contributed by atoms with E-state index in [4.69, 9.17) is 18.9 Å². The molecule has 0 spiro atoms. The number of ether oxygens (including phenoxy) is 4. The zero-order chi connectivity index (χ0) is 27.4. The van der Waals surface area contributed by atoms with Gasteiger partial charge in [0, 0.05) is 24.2 Å². The summed E-state index contributed by atoms with van der Waals surface area (Å²) in [5.41, 5.74) is 6.64. The molecule has 0 fully saturated rings. The number of amides is 1. The molecule has 3 N–H and O–H groups in total. The average Bonchev–Trinajstić information content (AvgIpc) is 3.38. The van der Waals surface area contributed by atoms with Gasteiger partial charge in [0.1, 0.15) is 12.4 Å². The molecule has 0 saturated heterocycles. The van der Waals surface area contributed by atoms with Crippen molar-refractivity contribution in [2.75, 3.05) is 41.2 Å². The van der Waals surface area contributed by atoms with Gasteiger partial charge in [0.05, 0.1) is 39.0 Å². The Balaban J connectivity index is 1.48. The maximum absolute atomic E-state index is 13.7. The van der Waals surface area contributed by atoms with Crippen molar-refractivity contribution in [2.24, 2.45) is 0 Å². The van der Waals surface area contributed by atoms with Gasteiger partial charge in [0.2, 0.25) is 0 Å². The maximum atomic E-state index is 13.7. The average molecular weight is 531 g/mol. The number of methoxy groups -OCH3 is 3. The predicted molar refractivity (Wildman–Crippen MR) is 150 cm³/mol. The fourth-order valence-corrected chi connectivity index (χ4v) is 5.25. The Bertz CT molecular complexity index is 1480. The highest BCUT2D eigenvalue weighted by atomic mass is 16.5. The number of aliphatic hydroxyl groups excluding tert-OH is 1. The van der Waals surface area contributed by atoms with Gasteiger partial charge in [-0.25, -0.2) is 0 Å². The third kappa shape index (κ3) is 5.44. The Hall–Kier alpha value is -4.01. The van der Waals surface area contributed by atoms with Gasteiger partial charge in [-0.1, -0.05) is 18.2 Å². The van der Waals surface area contributed by atoms with Crippen molar-refractivity contribution in [3.05, 3.63) is 77.0 Å². The van der Waals surface area contributed by atoms with E-state index >= 15 is 0 Å². The van der Waals surface area contributed by atoms with Crippen LogP contribution in [0.3, 0.4) is 0 Å². The summed E-state index contributed by atoms with van der Waals surface area (Å²) in [6.45, 7) is 0.517. The van der Waals surface area contributed by atoms with Gasteiger partial charge < -0.3 is 34.4 Å². The summed E-state index contributed by atoms with van der Waals surface area (Å²) >= 11 is 0. The highest BCUT2D eigenvalue weighted by Crippen LogP contribution is 2.42. The lowest BCUT2D eigenvalue weighted by Crippen LogP contribution is -2.39.